The second-order valence-corrected chi connectivity index (χ2v) is 6.28. The highest BCUT2D eigenvalue weighted by Crippen LogP contribution is 2.27. The maximum atomic E-state index is 3.57. The van der Waals surface area contributed by atoms with Crippen molar-refractivity contribution in [3.05, 3.63) is 70.8 Å². The van der Waals surface area contributed by atoms with Crippen molar-refractivity contribution in [3.8, 4) is 0 Å². The molecule has 0 fully saturated rings. The minimum Gasteiger partial charge on any atom is -0.312 e. The van der Waals surface area contributed by atoms with Crippen LogP contribution in [-0.2, 0) is 19.5 Å². The number of nitrogens with one attached hydrogen (secondary N) is 1. The highest BCUT2D eigenvalue weighted by Gasteiger charge is 2.24. The Kier molecular flexibility index (Phi) is 3.50. The van der Waals surface area contributed by atoms with Gasteiger partial charge in [-0.1, -0.05) is 48.5 Å². The fourth-order valence-electron chi connectivity index (χ4n) is 3.77. The van der Waals surface area contributed by atoms with Crippen molar-refractivity contribution < 1.29 is 0 Å². The summed E-state index contributed by atoms with van der Waals surface area (Å²) in [6.45, 7) is 5.59. The quantitative estimate of drug-likeness (QED) is 0.908. The van der Waals surface area contributed by atoms with Gasteiger partial charge in [-0.15, -0.1) is 0 Å². The average molecular weight is 278 g/mol. The molecule has 0 saturated heterocycles. The lowest BCUT2D eigenvalue weighted by molar-refractivity contribution is 0.232. The van der Waals surface area contributed by atoms with Crippen molar-refractivity contribution in [3.63, 3.8) is 0 Å². The molecule has 0 amide bonds. The second-order valence-electron chi connectivity index (χ2n) is 6.28. The topological polar surface area (TPSA) is 15.3 Å². The van der Waals surface area contributed by atoms with Crippen LogP contribution < -0.4 is 5.32 Å². The summed E-state index contributed by atoms with van der Waals surface area (Å²) in [7, 11) is 0. The van der Waals surface area contributed by atoms with E-state index in [9.17, 15) is 0 Å². The largest absolute Gasteiger partial charge is 0.312 e. The lowest BCUT2D eigenvalue weighted by Crippen LogP contribution is -2.39. The van der Waals surface area contributed by atoms with Gasteiger partial charge in [-0.2, -0.15) is 0 Å². The highest BCUT2D eigenvalue weighted by molar-refractivity contribution is 5.33. The molecule has 1 atom stereocenters. The number of nitrogens with zero attached hydrogens (tertiary/aromatic N) is 1. The van der Waals surface area contributed by atoms with Crippen LogP contribution >= 0.6 is 0 Å². The zero-order valence-electron chi connectivity index (χ0n) is 12.4. The average Bonchev–Trinajstić information content (AvgIpc) is 2.55. The predicted octanol–water partition coefficient (Wildman–Crippen LogP) is 2.93. The third kappa shape index (κ3) is 2.61. The molecule has 2 aromatic rings. The van der Waals surface area contributed by atoms with Gasteiger partial charge < -0.3 is 5.32 Å². The van der Waals surface area contributed by atoms with Crippen LogP contribution in [0.1, 0.15) is 28.2 Å². The van der Waals surface area contributed by atoms with E-state index >= 15 is 0 Å². The summed E-state index contributed by atoms with van der Waals surface area (Å²) in [6.07, 6.45) is 1.19. The van der Waals surface area contributed by atoms with Gasteiger partial charge >= 0.3 is 0 Å². The first-order chi connectivity index (χ1) is 10.4. The molecule has 0 saturated carbocycles. The molecule has 108 valence electrons. The summed E-state index contributed by atoms with van der Waals surface area (Å²) in [4.78, 5) is 2.62. The summed E-state index contributed by atoms with van der Waals surface area (Å²) in [6, 6.07) is 17.8. The van der Waals surface area contributed by atoms with Crippen molar-refractivity contribution in [1.82, 2.24) is 10.2 Å². The van der Waals surface area contributed by atoms with E-state index in [4.69, 9.17) is 0 Å². The first-order valence-electron chi connectivity index (χ1n) is 7.98. The van der Waals surface area contributed by atoms with Crippen molar-refractivity contribution >= 4 is 0 Å². The maximum Gasteiger partial charge on any atom is 0.0236 e. The van der Waals surface area contributed by atoms with Crippen LogP contribution in [0.15, 0.2) is 48.5 Å². The van der Waals surface area contributed by atoms with Crippen molar-refractivity contribution in [2.45, 2.75) is 25.4 Å². The zero-order valence-corrected chi connectivity index (χ0v) is 12.4. The smallest absolute Gasteiger partial charge is 0.0236 e. The first kappa shape index (κ1) is 13.1. The first-order valence-corrected chi connectivity index (χ1v) is 7.98. The number of rotatable bonds is 2. The number of hydrogen-bond acceptors (Lipinski definition) is 2. The van der Waals surface area contributed by atoms with Gasteiger partial charge in [0.2, 0.25) is 0 Å². The molecule has 2 heterocycles. The van der Waals surface area contributed by atoms with Crippen molar-refractivity contribution in [2.24, 2.45) is 0 Å². The van der Waals surface area contributed by atoms with Crippen LogP contribution in [0.25, 0.3) is 0 Å². The van der Waals surface area contributed by atoms with Crippen LogP contribution in [0, 0.1) is 0 Å². The van der Waals surface area contributed by atoms with E-state index < -0.39 is 0 Å². The van der Waals surface area contributed by atoms with E-state index in [0.29, 0.717) is 5.92 Å². The lowest BCUT2D eigenvalue weighted by Gasteiger charge is -2.34. The molecule has 21 heavy (non-hydrogen) atoms. The van der Waals surface area contributed by atoms with Gasteiger partial charge in [0.15, 0.2) is 0 Å². The Morgan fingerprint density at radius 3 is 2.62 bits per heavy atom. The Hall–Kier alpha value is -1.64. The van der Waals surface area contributed by atoms with E-state index in [1.165, 1.54) is 36.2 Å². The van der Waals surface area contributed by atoms with Gasteiger partial charge in [0.25, 0.3) is 0 Å². The van der Waals surface area contributed by atoms with Gasteiger partial charge in [0.1, 0.15) is 0 Å². The summed E-state index contributed by atoms with van der Waals surface area (Å²) in [5, 5.41) is 3.57. The van der Waals surface area contributed by atoms with Crippen LogP contribution in [0.3, 0.4) is 0 Å². The lowest BCUT2D eigenvalue weighted by atomic mass is 9.89. The Morgan fingerprint density at radius 1 is 0.952 bits per heavy atom. The molecule has 1 unspecified atom stereocenters. The third-order valence-electron chi connectivity index (χ3n) is 4.89. The molecule has 2 aliphatic rings. The van der Waals surface area contributed by atoms with E-state index in [1.54, 1.807) is 5.56 Å². The monoisotopic (exact) mass is 278 g/mol. The minimum atomic E-state index is 0.625. The molecule has 2 aromatic carbocycles. The van der Waals surface area contributed by atoms with Gasteiger partial charge in [0, 0.05) is 38.6 Å². The molecule has 1 N–H and O–H groups in total. The molecule has 0 radical (unpaired) electrons. The van der Waals surface area contributed by atoms with Crippen LogP contribution in [0.4, 0.5) is 0 Å². The molecule has 0 aromatic heterocycles. The van der Waals surface area contributed by atoms with E-state index in [2.05, 4.69) is 58.7 Å². The van der Waals surface area contributed by atoms with E-state index in [0.717, 1.165) is 19.6 Å². The second kappa shape index (κ2) is 5.63. The summed E-state index contributed by atoms with van der Waals surface area (Å²) < 4.78 is 0. The molecule has 2 aliphatic heterocycles. The third-order valence-corrected chi connectivity index (χ3v) is 4.89. The molecule has 4 rings (SSSR count). The molecule has 0 aliphatic carbocycles. The maximum absolute atomic E-state index is 3.57. The summed E-state index contributed by atoms with van der Waals surface area (Å²) >= 11 is 0. The minimum absolute atomic E-state index is 0.625. The molecule has 2 nitrogen and oxygen atoms in total. The Labute approximate surface area is 126 Å². The highest BCUT2D eigenvalue weighted by atomic mass is 15.1. The molecular formula is C19H22N2. The van der Waals surface area contributed by atoms with E-state index in [-0.39, 0.29) is 0 Å². The Bertz CT molecular complexity index is 635. The Balaban J connectivity index is 1.51. The van der Waals surface area contributed by atoms with Gasteiger partial charge in [-0.3, -0.25) is 4.90 Å². The van der Waals surface area contributed by atoms with Crippen molar-refractivity contribution in [2.75, 3.05) is 19.6 Å². The van der Waals surface area contributed by atoms with E-state index in [1.807, 2.05) is 0 Å². The van der Waals surface area contributed by atoms with Crippen molar-refractivity contribution in [1.29, 1.82) is 0 Å². The number of fused-ring (bicyclic) bond motifs is 2. The fraction of sp³-hybridized carbons (Fsp3) is 0.368. The van der Waals surface area contributed by atoms with Gasteiger partial charge in [0.05, 0.1) is 0 Å². The van der Waals surface area contributed by atoms with Crippen LogP contribution in [0.2, 0.25) is 0 Å². The van der Waals surface area contributed by atoms with Crippen LogP contribution in [-0.4, -0.2) is 24.5 Å². The van der Waals surface area contributed by atoms with Gasteiger partial charge in [-0.25, -0.2) is 0 Å². The molecule has 0 bridgehead atoms. The summed E-state index contributed by atoms with van der Waals surface area (Å²) in [5.74, 6) is 0.625. The fourth-order valence-corrected chi connectivity index (χ4v) is 3.77. The van der Waals surface area contributed by atoms with Crippen LogP contribution in [0.5, 0.6) is 0 Å². The molecular weight excluding hydrogens is 256 g/mol. The number of benzene rings is 2. The molecule has 0 spiro atoms. The predicted molar refractivity (Wildman–Crippen MR) is 86.3 cm³/mol. The molecule has 2 heteroatoms. The SMILES string of the molecule is c1ccc2c(c1)CCN(CC1CNCc3ccccc31)C2. The Morgan fingerprint density at radius 2 is 1.71 bits per heavy atom. The normalized spacial score (nSPS) is 21.6. The summed E-state index contributed by atoms with van der Waals surface area (Å²) in [5.41, 5.74) is 6.08. The number of hydrogen-bond donors (Lipinski definition) is 1. The zero-order chi connectivity index (χ0) is 14.1. The standard InChI is InChI=1S/C19H22N2/c1-2-7-17-13-21(10-9-15(17)5-1)14-18-12-20-11-16-6-3-4-8-19(16)18/h1-8,18,20H,9-14H2. The van der Waals surface area contributed by atoms with Gasteiger partial charge in [-0.05, 0) is 28.7 Å².